The number of ether oxygens (including phenoxy) is 1. The third-order valence-corrected chi connectivity index (χ3v) is 2.66. The molecule has 0 saturated carbocycles. The molecule has 1 aromatic rings. The van der Waals surface area contributed by atoms with Crippen LogP contribution in [0.4, 0.5) is 0 Å². The number of rotatable bonds is 8. The molecule has 0 amide bonds. The van der Waals surface area contributed by atoms with E-state index in [9.17, 15) is 0 Å². The Hall–Kier alpha value is -1.16. The smallest absolute Gasteiger partial charge is 0.316 e. The lowest BCUT2D eigenvalue weighted by atomic mass is 10.2. The number of nitrogens with one attached hydrogen (secondary N) is 1. The van der Waals surface area contributed by atoms with E-state index in [4.69, 9.17) is 4.74 Å². The minimum atomic E-state index is 0.499. The highest BCUT2D eigenvalue weighted by molar-refractivity contribution is 5.17. The summed E-state index contributed by atoms with van der Waals surface area (Å²) in [5.41, 5.74) is 2.10. The number of aryl methyl sites for hydroxylation is 1. The maximum absolute atomic E-state index is 5.52. The SMILES string of the molecule is CCCCCCOc1ncc(CNC)c(C)n1. The zero-order chi connectivity index (χ0) is 12.5. The molecule has 1 N–H and O–H groups in total. The molecule has 96 valence electrons. The third kappa shape index (κ3) is 5.13. The van der Waals surface area contributed by atoms with Crippen molar-refractivity contribution in [3.05, 3.63) is 17.5 Å². The molecule has 0 saturated heterocycles. The molecule has 17 heavy (non-hydrogen) atoms. The number of aromatic nitrogens is 2. The molecule has 0 radical (unpaired) electrons. The lowest BCUT2D eigenvalue weighted by Gasteiger charge is -2.07. The number of hydrogen-bond donors (Lipinski definition) is 1. The highest BCUT2D eigenvalue weighted by Gasteiger charge is 2.03. The van der Waals surface area contributed by atoms with Crippen LogP contribution in [0, 0.1) is 6.92 Å². The predicted octanol–water partition coefficient (Wildman–Crippen LogP) is 2.46. The minimum absolute atomic E-state index is 0.499. The third-order valence-electron chi connectivity index (χ3n) is 2.66. The number of unbranched alkanes of at least 4 members (excludes halogenated alkanes) is 3. The summed E-state index contributed by atoms with van der Waals surface area (Å²) in [6, 6.07) is 0.499. The largest absolute Gasteiger partial charge is 0.463 e. The summed E-state index contributed by atoms with van der Waals surface area (Å²) < 4.78 is 5.52. The molecule has 0 spiro atoms. The van der Waals surface area contributed by atoms with E-state index < -0.39 is 0 Å². The van der Waals surface area contributed by atoms with Gasteiger partial charge in [0, 0.05) is 24.0 Å². The average molecular weight is 237 g/mol. The maximum Gasteiger partial charge on any atom is 0.316 e. The maximum atomic E-state index is 5.52. The molecule has 0 unspecified atom stereocenters. The Morgan fingerprint density at radius 1 is 1.29 bits per heavy atom. The summed E-state index contributed by atoms with van der Waals surface area (Å²) in [6.45, 7) is 5.69. The quantitative estimate of drug-likeness (QED) is 0.706. The molecule has 1 heterocycles. The molecule has 0 bridgehead atoms. The summed E-state index contributed by atoms with van der Waals surface area (Å²) in [6.07, 6.45) is 6.64. The van der Waals surface area contributed by atoms with Crippen LogP contribution in [0.25, 0.3) is 0 Å². The van der Waals surface area contributed by atoms with Crippen LogP contribution in [-0.2, 0) is 6.54 Å². The van der Waals surface area contributed by atoms with Crippen molar-refractivity contribution in [2.45, 2.75) is 46.1 Å². The van der Waals surface area contributed by atoms with Gasteiger partial charge >= 0.3 is 6.01 Å². The van der Waals surface area contributed by atoms with Gasteiger partial charge in [0.2, 0.25) is 0 Å². The van der Waals surface area contributed by atoms with Crippen molar-refractivity contribution in [2.75, 3.05) is 13.7 Å². The topological polar surface area (TPSA) is 47.0 Å². The summed E-state index contributed by atoms with van der Waals surface area (Å²) >= 11 is 0. The van der Waals surface area contributed by atoms with Gasteiger partial charge in [0.05, 0.1) is 6.61 Å². The first-order valence-electron chi connectivity index (χ1n) is 6.37. The molecule has 1 aromatic heterocycles. The Morgan fingerprint density at radius 3 is 2.76 bits per heavy atom. The van der Waals surface area contributed by atoms with E-state index in [0.29, 0.717) is 12.6 Å². The van der Waals surface area contributed by atoms with E-state index in [-0.39, 0.29) is 0 Å². The van der Waals surface area contributed by atoms with E-state index in [1.165, 1.54) is 19.3 Å². The van der Waals surface area contributed by atoms with Gasteiger partial charge in [-0.05, 0) is 20.4 Å². The molecule has 1 rings (SSSR count). The van der Waals surface area contributed by atoms with Gasteiger partial charge in [-0.3, -0.25) is 0 Å². The average Bonchev–Trinajstić information content (AvgIpc) is 2.32. The van der Waals surface area contributed by atoms with Gasteiger partial charge in [0.1, 0.15) is 0 Å². The van der Waals surface area contributed by atoms with E-state index in [1.807, 2.05) is 20.2 Å². The Labute approximate surface area is 104 Å². The monoisotopic (exact) mass is 237 g/mol. The van der Waals surface area contributed by atoms with Gasteiger partial charge in [-0.1, -0.05) is 26.2 Å². The van der Waals surface area contributed by atoms with Gasteiger partial charge < -0.3 is 10.1 Å². The summed E-state index contributed by atoms with van der Waals surface area (Å²) in [5, 5.41) is 3.09. The van der Waals surface area contributed by atoms with E-state index >= 15 is 0 Å². The Bertz CT molecular complexity index is 328. The van der Waals surface area contributed by atoms with Crippen molar-refractivity contribution in [2.24, 2.45) is 0 Å². The van der Waals surface area contributed by atoms with Gasteiger partial charge in [0.25, 0.3) is 0 Å². The molecule has 4 nitrogen and oxygen atoms in total. The number of hydrogen-bond acceptors (Lipinski definition) is 4. The van der Waals surface area contributed by atoms with E-state index in [1.54, 1.807) is 0 Å². The van der Waals surface area contributed by atoms with E-state index in [2.05, 4.69) is 22.2 Å². The zero-order valence-electron chi connectivity index (χ0n) is 11.1. The molecule has 0 aliphatic carbocycles. The fourth-order valence-electron chi connectivity index (χ4n) is 1.60. The van der Waals surface area contributed by atoms with Gasteiger partial charge in [0.15, 0.2) is 0 Å². The van der Waals surface area contributed by atoms with Crippen molar-refractivity contribution in [3.8, 4) is 6.01 Å². The van der Waals surface area contributed by atoms with Gasteiger partial charge in [-0.25, -0.2) is 9.97 Å². The number of nitrogens with zero attached hydrogens (tertiary/aromatic N) is 2. The second-order valence-corrected chi connectivity index (χ2v) is 4.20. The Kier molecular flexibility index (Phi) is 6.55. The highest BCUT2D eigenvalue weighted by Crippen LogP contribution is 2.09. The Balaban J connectivity index is 2.36. The predicted molar refractivity (Wildman–Crippen MR) is 69.2 cm³/mol. The van der Waals surface area contributed by atoms with Crippen LogP contribution in [-0.4, -0.2) is 23.6 Å². The van der Waals surface area contributed by atoms with Crippen LogP contribution in [0.15, 0.2) is 6.20 Å². The van der Waals surface area contributed by atoms with Crippen molar-refractivity contribution in [1.29, 1.82) is 0 Å². The lowest BCUT2D eigenvalue weighted by molar-refractivity contribution is 0.280. The van der Waals surface area contributed by atoms with Crippen molar-refractivity contribution in [3.63, 3.8) is 0 Å². The summed E-state index contributed by atoms with van der Waals surface area (Å²) in [4.78, 5) is 8.54. The highest BCUT2D eigenvalue weighted by atomic mass is 16.5. The van der Waals surface area contributed by atoms with Crippen LogP contribution in [0.2, 0.25) is 0 Å². The normalized spacial score (nSPS) is 10.5. The Morgan fingerprint density at radius 2 is 2.12 bits per heavy atom. The molecule has 0 aliphatic heterocycles. The zero-order valence-corrected chi connectivity index (χ0v) is 11.1. The fourth-order valence-corrected chi connectivity index (χ4v) is 1.60. The first-order valence-corrected chi connectivity index (χ1v) is 6.37. The fraction of sp³-hybridized carbons (Fsp3) is 0.692. The summed E-state index contributed by atoms with van der Waals surface area (Å²) in [7, 11) is 1.91. The molecule has 0 aromatic carbocycles. The first kappa shape index (κ1) is 13.9. The standard InChI is InChI=1S/C13H23N3O/c1-4-5-6-7-8-17-13-15-10-12(9-14-3)11(2)16-13/h10,14H,4-9H2,1-3H3. The molecule has 0 atom stereocenters. The van der Waals surface area contributed by atoms with Crippen LogP contribution >= 0.6 is 0 Å². The van der Waals surface area contributed by atoms with Crippen LogP contribution in [0.5, 0.6) is 6.01 Å². The molecule has 0 fully saturated rings. The second-order valence-electron chi connectivity index (χ2n) is 4.20. The molecule has 4 heteroatoms. The van der Waals surface area contributed by atoms with Crippen molar-refractivity contribution >= 4 is 0 Å². The minimum Gasteiger partial charge on any atom is -0.463 e. The molecular weight excluding hydrogens is 214 g/mol. The van der Waals surface area contributed by atoms with E-state index in [0.717, 1.165) is 24.2 Å². The van der Waals surface area contributed by atoms with Crippen LogP contribution < -0.4 is 10.1 Å². The van der Waals surface area contributed by atoms with Crippen molar-refractivity contribution in [1.82, 2.24) is 15.3 Å². The lowest BCUT2D eigenvalue weighted by Crippen LogP contribution is -2.09. The van der Waals surface area contributed by atoms with Crippen molar-refractivity contribution < 1.29 is 4.74 Å². The van der Waals surface area contributed by atoms with Crippen LogP contribution in [0.3, 0.4) is 0 Å². The van der Waals surface area contributed by atoms with Gasteiger partial charge in [-0.15, -0.1) is 0 Å². The molecule has 0 aliphatic rings. The first-order chi connectivity index (χ1) is 8.27. The summed E-state index contributed by atoms with van der Waals surface area (Å²) in [5.74, 6) is 0. The van der Waals surface area contributed by atoms with Crippen LogP contribution in [0.1, 0.15) is 43.9 Å². The second kappa shape index (κ2) is 8.01. The van der Waals surface area contributed by atoms with Gasteiger partial charge in [-0.2, -0.15) is 0 Å². The molecular formula is C13H23N3O.